The van der Waals surface area contributed by atoms with Gasteiger partial charge >= 0.3 is 0 Å². The number of benzene rings is 2. The van der Waals surface area contributed by atoms with Crippen molar-refractivity contribution in [3.05, 3.63) is 73.8 Å². The fraction of sp³-hybridized carbons (Fsp3) is 0.143. The summed E-state index contributed by atoms with van der Waals surface area (Å²) in [5, 5.41) is 15.2. The molecule has 0 fully saturated rings. The summed E-state index contributed by atoms with van der Waals surface area (Å²) in [6.07, 6.45) is 0. The van der Waals surface area contributed by atoms with Crippen molar-refractivity contribution >= 4 is 28.9 Å². The Bertz CT molecular complexity index is 615. The molecule has 0 aliphatic rings. The van der Waals surface area contributed by atoms with E-state index in [2.05, 4.69) is 5.32 Å². The first-order chi connectivity index (χ1) is 9.58. The van der Waals surface area contributed by atoms with E-state index in [0.717, 1.165) is 5.56 Å². The average Bonchev–Trinajstić information content (AvgIpc) is 2.42. The molecule has 2 rings (SSSR count). The van der Waals surface area contributed by atoms with Crippen LogP contribution in [0.5, 0.6) is 0 Å². The molecule has 0 radical (unpaired) electrons. The van der Waals surface area contributed by atoms with E-state index < -0.39 is 4.92 Å². The van der Waals surface area contributed by atoms with Crippen molar-refractivity contribution in [2.45, 2.75) is 13.1 Å². The molecule has 1 N–H and O–H groups in total. The van der Waals surface area contributed by atoms with E-state index in [0.29, 0.717) is 28.7 Å². The predicted molar refractivity (Wildman–Crippen MR) is 80.1 cm³/mol. The lowest BCUT2D eigenvalue weighted by molar-refractivity contribution is -0.385. The van der Waals surface area contributed by atoms with Gasteiger partial charge in [0.05, 0.1) is 15.5 Å². The molecule has 0 bridgehead atoms. The first-order valence-electron chi connectivity index (χ1n) is 5.95. The molecular formula is C14H12Cl2N2O2. The second-order valence-corrected chi connectivity index (χ2v) is 5.07. The zero-order valence-electron chi connectivity index (χ0n) is 10.5. The number of nitrogens with zero attached hydrogens (tertiary/aromatic N) is 1. The van der Waals surface area contributed by atoms with E-state index in [1.54, 1.807) is 24.3 Å². The van der Waals surface area contributed by atoms with Crippen molar-refractivity contribution in [1.29, 1.82) is 0 Å². The van der Waals surface area contributed by atoms with Crippen molar-refractivity contribution in [1.82, 2.24) is 5.32 Å². The van der Waals surface area contributed by atoms with E-state index in [1.807, 2.05) is 12.1 Å². The van der Waals surface area contributed by atoms with Gasteiger partial charge in [0.15, 0.2) is 0 Å². The molecule has 0 amide bonds. The van der Waals surface area contributed by atoms with E-state index in [9.17, 15) is 10.1 Å². The van der Waals surface area contributed by atoms with Crippen LogP contribution in [-0.4, -0.2) is 4.92 Å². The quantitative estimate of drug-likeness (QED) is 0.665. The van der Waals surface area contributed by atoms with Crippen molar-refractivity contribution in [3.8, 4) is 0 Å². The fourth-order valence-corrected chi connectivity index (χ4v) is 2.19. The Balaban J connectivity index is 2.04. The highest BCUT2D eigenvalue weighted by Crippen LogP contribution is 2.26. The standard InChI is InChI=1S/C14H12Cl2N2O2/c15-11-6-4-10(5-7-11)8-17-9-12-13(16)2-1-3-14(12)18(19)20/h1-7,17H,8-9H2. The maximum atomic E-state index is 10.9. The Morgan fingerprint density at radius 1 is 1.05 bits per heavy atom. The van der Waals surface area contributed by atoms with Crippen LogP contribution in [0.2, 0.25) is 10.0 Å². The summed E-state index contributed by atoms with van der Waals surface area (Å²) in [6.45, 7) is 0.915. The van der Waals surface area contributed by atoms with Gasteiger partial charge in [0.2, 0.25) is 0 Å². The lowest BCUT2D eigenvalue weighted by Gasteiger charge is -2.07. The van der Waals surface area contributed by atoms with Gasteiger partial charge in [-0.05, 0) is 23.8 Å². The number of nitro groups is 1. The van der Waals surface area contributed by atoms with Gasteiger partial charge in [-0.3, -0.25) is 10.1 Å². The Morgan fingerprint density at radius 3 is 2.40 bits per heavy atom. The van der Waals surface area contributed by atoms with E-state index in [1.165, 1.54) is 6.07 Å². The Hall–Kier alpha value is -1.62. The van der Waals surface area contributed by atoms with Gasteiger partial charge < -0.3 is 5.32 Å². The van der Waals surface area contributed by atoms with Crippen LogP contribution in [0.3, 0.4) is 0 Å². The van der Waals surface area contributed by atoms with Crippen molar-refractivity contribution in [3.63, 3.8) is 0 Å². The highest BCUT2D eigenvalue weighted by atomic mass is 35.5. The molecule has 104 valence electrons. The SMILES string of the molecule is O=[N+]([O-])c1cccc(Cl)c1CNCc1ccc(Cl)cc1. The molecule has 0 aliphatic heterocycles. The Labute approximate surface area is 126 Å². The van der Waals surface area contributed by atoms with Crippen molar-refractivity contribution in [2.24, 2.45) is 0 Å². The highest BCUT2D eigenvalue weighted by molar-refractivity contribution is 6.31. The number of nitro benzene ring substituents is 1. The van der Waals surface area contributed by atoms with Crippen LogP contribution in [0.1, 0.15) is 11.1 Å². The predicted octanol–water partition coefficient (Wildman–Crippen LogP) is 4.19. The molecule has 0 saturated carbocycles. The lowest BCUT2D eigenvalue weighted by Crippen LogP contribution is -2.14. The molecule has 0 heterocycles. The molecule has 6 heteroatoms. The Kier molecular flexibility index (Phi) is 4.95. The summed E-state index contributed by atoms with van der Waals surface area (Å²) in [7, 11) is 0. The smallest absolute Gasteiger partial charge is 0.275 e. The zero-order chi connectivity index (χ0) is 14.5. The first kappa shape index (κ1) is 14.8. The maximum Gasteiger partial charge on any atom is 0.275 e. The molecule has 2 aromatic rings. The third-order valence-corrected chi connectivity index (χ3v) is 3.44. The summed E-state index contributed by atoms with van der Waals surface area (Å²) in [6, 6.07) is 12.1. The first-order valence-corrected chi connectivity index (χ1v) is 6.70. The maximum absolute atomic E-state index is 10.9. The molecule has 0 saturated heterocycles. The van der Waals surface area contributed by atoms with Gasteiger partial charge in [0.1, 0.15) is 0 Å². The molecule has 0 aromatic heterocycles. The normalized spacial score (nSPS) is 10.5. The lowest BCUT2D eigenvalue weighted by atomic mass is 10.1. The van der Waals surface area contributed by atoms with Gasteiger partial charge in [0.25, 0.3) is 5.69 Å². The van der Waals surface area contributed by atoms with Crippen LogP contribution < -0.4 is 5.32 Å². The molecule has 0 unspecified atom stereocenters. The molecule has 2 aromatic carbocycles. The van der Waals surface area contributed by atoms with Crippen LogP contribution in [-0.2, 0) is 13.1 Å². The summed E-state index contributed by atoms with van der Waals surface area (Å²) in [5.74, 6) is 0. The zero-order valence-corrected chi connectivity index (χ0v) is 12.0. The van der Waals surface area contributed by atoms with Gasteiger partial charge in [-0.15, -0.1) is 0 Å². The van der Waals surface area contributed by atoms with Crippen LogP contribution in [0.15, 0.2) is 42.5 Å². The van der Waals surface area contributed by atoms with Gasteiger partial charge in [-0.25, -0.2) is 0 Å². The minimum atomic E-state index is -0.425. The van der Waals surface area contributed by atoms with Crippen LogP contribution in [0.4, 0.5) is 5.69 Å². The second kappa shape index (κ2) is 6.70. The summed E-state index contributed by atoms with van der Waals surface area (Å²) in [4.78, 5) is 10.5. The Morgan fingerprint density at radius 2 is 1.75 bits per heavy atom. The largest absolute Gasteiger partial charge is 0.308 e. The van der Waals surface area contributed by atoms with Gasteiger partial charge in [-0.2, -0.15) is 0 Å². The van der Waals surface area contributed by atoms with Crippen LogP contribution >= 0.6 is 23.2 Å². The number of rotatable bonds is 5. The van der Waals surface area contributed by atoms with Gasteiger partial charge in [-0.1, -0.05) is 41.4 Å². The minimum Gasteiger partial charge on any atom is -0.308 e. The van der Waals surface area contributed by atoms with E-state index in [4.69, 9.17) is 23.2 Å². The van der Waals surface area contributed by atoms with Crippen LogP contribution in [0, 0.1) is 10.1 Å². The minimum absolute atomic E-state index is 0.0288. The highest BCUT2D eigenvalue weighted by Gasteiger charge is 2.15. The molecular weight excluding hydrogens is 299 g/mol. The van der Waals surface area contributed by atoms with E-state index in [-0.39, 0.29) is 5.69 Å². The molecule has 20 heavy (non-hydrogen) atoms. The number of halogens is 2. The molecule has 0 spiro atoms. The molecule has 0 atom stereocenters. The second-order valence-electron chi connectivity index (χ2n) is 4.22. The molecule has 0 aliphatic carbocycles. The third kappa shape index (κ3) is 3.70. The van der Waals surface area contributed by atoms with E-state index >= 15 is 0 Å². The monoisotopic (exact) mass is 310 g/mol. The fourth-order valence-electron chi connectivity index (χ4n) is 1.83. The number of nitrogens with one attached hydrogen (secondary N) is 1. The van der Waals surface area contributed by atoms with Gasteiger partial charge in [0, 0.05) is 24.2 Å². The third-order valence-electron chi connectivity index (χ3n) is 2.83. The number of hydrogen-bond acceptors (Lipinski definition) is 3. The topological polar surface area (TPSA) is 55.2 Å². The number of hydrogen-bond donors (Lipinski definition) is 1. The van der Waals surface area contributed by atoms with Crippen molar-refractivity contribution < 1.29 is 4.92 Å². The average molecular weight is 311 g/mol. The molecule has 4 nitrogen and oxygen atoms in total. The van der Waals surface area contributed by atoms with Crippen LogP contribution in [0.25, 0.3) is 0 Å². The summed E-state index contributed by atoms with van der Waals surface area (Å²) >= 11 is 11.8. The van der Waals surface area contributed by atoms with Crippen molar-refractivity contribution in [2.75, 3.05) is 0 Å². The summed E-state index contributed by atoms with van der Waals surface area (Å²) < 4.78 is 0. The summed E-state index contributed by atoms with van der Waals surface area (Å²) in [5.41, 5.74) is 1.57.